The number of amides is 1. The van der Waals surface area contributed by atoms with Gasteiger partial charge in [-0.25, -0.2) is 4.98 Å². The number of hydrogen-bond donors (Lipinski definition) is 1. The fourth-order valence-electron chi connectivity index (χ4n) is 3.48. The normalized spacial score (nSPS) is 24.0. The van der Waals surface area contributed by atoms with E-state index in [1.807, 2.05) is 35.9 Å². The van der Waals surface area contributed by atoms with Crippen molar-refractivity contribution in [3.63, 3.8) is 0 Å². The van der Waals surface area contributed by atoms with Crippen molar-refractivity contribution in [1.29, 1.82) is 0 Å². The molecule has 1 aromatic carbocycles. The molecule has 25 heavy (non-hydrogen) atoms. The number of morpholine rings is 1. The van der Waals surface area contributed by atoms with Crippen LogP contribution in [0.3, 0.4) is 0 Å². The Morgan fingerprint density at radius 2 is 2.12 bits per heavy atom. The van der Waals surface area contributed by atoms with Gasteiger partial charge in [-0.2, -0.15) is 0 Å². The first kappa shape index (κ1) is 16.1. The zero-order valence-electron chi connectivity index (χ0n) is 14.1. The van der Waals surface area contributed by atoms with Crippen LogP contribution in [-0.4, -0.2) is 50.7 Å². The summed E-state index contributed by atoms with van der Waals surface area (Å²) in [6, 6.07) is 7.56. The van der Waals surface area contributed by atoms with E-state index in [4.69, 9.17) is 14.8 Å². The van der Waals surface area contributed by atoms with E-state index in [1.165, 1.54) is 0 Å². The van der Waals surface area contributed by atoms with Crippen molar-refractivity contribution in [2.24, 2.45) is 13.0 Å². The fourth-order valence-corrected chi connectivity index (χ4v) is 3.48. The third kappa shape index (κ3) is 3.00. The molecule has 2 unspecified atom stereocenters. The van der Waals surface area contributed by atoms with Gasteiger partial charge >= 0.3 is 5.97 Å². The highest BCUT2D eigenvalue weighted by molar-refractivity contribution is 5.86. The second-order valence-corrected chi connectivity index (χ2v) is 6.89. The molecular formula is C18H21N3O4. The van der Waals surface area contributed by atoms with Gasteiger partial charge in [0.25, 0.3) is 5.91 Å². The number of carbonyl (C=O) groups excluding carboxylic acids is 1. The first-order valence-corrected chi connectivity index (χ1v) is 8.60. The predicted molar refractivity (Wildman–Crippen MR) is 89.9 cm³/mol. The summed E-state index contributed by atoms with van der Waals surface area (Å²) < 4.78 is 7.62. The monoisotopic (exact) mass is 343 g/mol. The van der Waals surface area contributed by atoms with Crippen molar-refractivity contribution in [3.05, 3.63) is 30.1 Å². The molecule has 4 rings (SSSR count). The van der Waals surface area contributed by atoms with Crippen molar-refractivity contribution in [1.82, 2.24) is 14.5 Å². The van der Waals surface area contributed by atoms with Crippen LogP contribution in [0.15, 0.2) is 24.3 Å². The van der Waals surface area contributed by atoms with Crippen LogP contribution >= 0.6 is 0 Å². The Morgan fingerprint density at radius 1 is 1.36 bits per heavy atom. The first-order chi connectivity index (χ1) is 12.0. The van der Waals surface area contributed by atoms with E-state index in [0.29, 0.717) is 12.5 Å². The van der Waals surface area contributed by atoms with Crippen molar-refractivity contribution in [2.45, 2.75) is 31.4 Å². The van der Waals surface area contributed by atoms with E-state index < -0.39 is 12.1 Å². The van der Waals surface area contributed by atoms with Gasteiger partial charge in [0.1, 0.15) is 18.0 Å². The van der Waals surface area contributed by atoms with E-state index in [2.05, 4.69) is 0 Å². The van der Waals surface area contributed by atoms with Gasteiger partial charge in [0.15, 0.2) is 0 Å². The average molecular weight is 343 g/mol. The number of imidazole rings is 1. The number of carboxylic acid groups (broad SMARTS) is 1. The minimum absolute atomic E-state index is 0.238. The van der Waals surface area contributed by atoms with Gasteiger partial charge in [-0.05, 0) is 30.9 Å². The molecule has 1 saturated heterocycles. The molecular weight excluding hydrogens is 322 g/mol. The van der Waals surface area contributed by atoms with Crippen LogP contribution in [0.1, 0.15) is 31.1 Å². The number of hydrogen-bond acceptors (Lipinski definition) is 4. The summed E-state index contributed by atoms with van der Waals surface area (Å²) in [5.74, 6) is 0.0252. The lowest BCUT2D eigenvalue weighted by molar-refractivity contribution is -0.166. The molecule has 2 aliphatic rings. The van der Waals surface area contributed by atoms with Crippen LogP contribution in [-0.2, 0) is 21.4 Å². The van der Waals surface area contributed by atoms with E-state index in [-0.39, 0.29) is 25.0 Å². The molecule has 2 fully saturated rings. The number of aliphatic carboxylic acids is 1. The Balaban J connectivity index is 1.67. The molecule has 1 aliphatic carbocycles. The Kier molecular flexibility index (Phi) is 3.95. The second-order valence-electron chi connectivity index (χ2n) is 6.89. The van der Waals surface area contributed by atoms with Crippen molar-refractivity contribution < 1.29 is 19.4 Å². The summed E-state index contributed by atoms with van der Waals surface area (Å²) in [5.41, 5.74) is 1.88. The second kappa shape index (κ2) is 6.15. The SMILES string of the molecule is Cn1c(C2COC(CC(=O)O)C(=O)N2CC2CC2)nc2ccccc21. The van der Waals surface area contributed by atoms with Crippen LogP contribution in [0.2, 0.25) is 0 Å². The smallest absolute Gasteiger partial charge is 0.306 e. The van der Waals surface area contributed by atoms with Gasteiger partial charge in [0, 0.05) is 13.6 Å². The Bertz CT molecular complexity index is 827. The minimum atomic E-state index is -1.02. The number of benzene rings is 1. The van der Waals surface area contributed by atoms with E-state index in [9.17, 15) is 9.59 Å². The Hall–Kier alpha value is -2.41. The molecule has 0 bridgehead atoms. The largest absolute Gasteiger partial charge is 0.481 e. The van der Waals surface area contributed by atoms with Gasteiger partial charge in [-0.3, -0.25) is 9.59 Å². The highest BCUT2D eigenvalue weighted by Crippen LogP contribution is 2.36. The van der Waals surface area contributed by atoms with Crippen molar-refractivity contribution in [2.75, 3.05) is 13.2 Å². The topological polar surface area (TPSA) is 84.7 Å². The van der Waals surface area contributed by atoms with Crippen LogP contribution in [0.25, 0.3) is 11.0 Å². The fraction of sp³-hybridized carbons (Fsp3) is 0.500. The number of para-hydroxylation sites is 2. The lowest BCUT2D eigenvalue weighted by Crippen LogP contribution is -2.51. The van der Waals surface area contributed by atoms with E-state index >= 15 is 0 Å². The van der Waals surface area contributed by atoms with Gasteiger partial charge in [0.05, 0.1) is 24.1 Å². The number of aryl methyl sites for hydroxylation is 1. The van der Waals surface area contributed by atoms with Gasteiger partial charge < -0.3 is 19.3 Å². The molecule has 7 heteroatoms. The number of rotatable bonds is 5. The zero-order chi connectivity index (χ0) is 17.6. The number of fused-ring (bicyclic) bond motifs is 1. The van der Waals surface area contributed by atoms with Crippen LogP contribution in [0.4, 0.5) is 0 Å². The minimum Gasteiger partial charge on any atom is -0.481 e. The highest BCUT2D eigenvalue weighted by Gasteiger charge is 2.42. The summed E-state index contributed by atoms with van der Waals surface area (Å²) in [7, 11) is 1.94. The third-order valence-corrected chi connectivity index (χ3v) is 5.02. The molecule has 132 valence electrons. The molecule has 1 N–H and O–H groups in total. The summed E-state index contributed by atoms with van der Waals surface area (Å²) in [6.07, 6.45) is 1.03. The van der Waals surface area contributed by atoms with Crippen LogP contribution < -0.4 is 0 Å². The number of nitrogens with zero attached hydrogens (tertiary/aromatic N) is 3. The van der Waals surface area contributed by atoms with E-state index in [0.717, 1.165) is 29.7 Å². The van der Waals surface area contributed by atoms with Gasteiger partial charge in [0.2, 0.25) is 0 Å². The lowest BCUT2D eigenvalue weighted by atomic mass is 10.1. The zero-order valence-corrected chi connectivity index (χ0v) is 14.1. The highest BCUT2D eigenvalue weighted by atomic mass is 16.5. The average Bonchev–Trinajstić information content (AvgIpc) is 3.34. The Morgan fingerprint density at radius 3 is 2.80 bits per heavy atom. The third-order valence-electron chi connectivity index (χ3n) is 5.02. The molecule has 1 aromatic heterocycles. The quantitative estimate of drug-likeness (QED) is 0.894. The van der Waals surface area contributed by atoms with Crippen molar-refractivity contribution in [3.8, 4) is 0 Å². The molecule has 7 nitrogen and oxygen atoms in total. The van der Waals surface area contributed by atoms with Crippen LogP contribution in [0, 0.1) is 5.92 Å². The maximum atomic E-state index is 12.8. The number of carboxylic acids is 1. The first-order valence-electron chi connectivity index (χ1n) is 8.60. The predicted octanol–water partition coefficient (Wildman–Crippen LogP) is 1.73. The summed E-state index contributed by atoms with van der Waals surface area (Å²) in [4.78, 5) is 30.3. The molecule has 0 radical (unpaired) electrons. The molecule has 1 saturated carbocycles. The van der Waals surface area contributed by atoms with Gasteiger partial charge in [-0.15, -0.1) is 0 Å². The molecule has 1 aliphatic heterocycles. The number of ether oxygens (including phenoxy) is 1. The molecule has 0 spiro atoms. The summed E-state index contributed by atoms with van der Waals surface area (Å²) >= 11 is 0. The summed E-state index contributed by atoms with van der Waals surface area (Å²) in [6.45, 7) is 0.916. The number of aromatic nitrogens is 2. The molecule has 2 heterocycles. The maximum Gasteiger partial charge on any atom is 0.306 e. The lowest BCUT2D eigenvalue weighted by Gasteiger charge is -2.38. The molecule has 2 aromatic rings. The molecule has 1 amide bonds. The summed E-state index contributed by atoms with van der Waals surface area (Å²) in [5, 5.41) is 9.02. The number of carbonyl (C=O) groups is 2. The molecule has 2 atom stereocenters. The standard InChI is InChI=1S/C18H21N3O4/c1-20-13-5-3-2-4-12(13)19-17(20)14-10-25-15(8-16(22)23)18(24)21(14)9-11-6-7-11/h2-5,11,14-15H,6-10H2,1H3,(H,22,23). The van der Waals surface area contributed by atoms with Crippen LogP contribution in [0.5, 0.6) is 0 Å². The van der Waals surface area contributed by atoms with Gasteiger partial charge in [-0.1, -0.05) is 12.1 Å². The Labute approximate surface area is 145 Å². The van der Waals surface area contributed by atoms with Crippen molar-refractivity contribution >= 4 is 22.9 Å². The maximum absolute atomic E-state index is 12.8. The van der Waals surface area contributed by atoms with E-state index in [1.54, 1.807) is 4.90 Å².